The molecule has 2 amide bonds. The molecule has 1 atom stereocenters. The lowest BCUT2D eigenvalue weighted by Gasteiger charge is -2.15. The Morgan fingerprint density at radius 2 is 1.83 bits per heavy atom. The van der Waals surface area contributed by atoms with E-state index in [9.17, 15) is 14.4 Å². The Hall–Kier alpha value is -3.42. The number of primary amides is 1. The number of nitrogens with two attached hydrogens (primary N) is 1. The van der Waals surface area contributed by atoms with Crippen LogP contribution in [0.5, 0.6) is 0 Å². The molecule has 0 radical (unpaired) electrons. The molecule has 24 heavy (non-hydrogen) atoms. The van der Waals surface area contributed by atoms with Crippen LogP contribution in [0.25, 0.3) is 5.65 Å². The van der Waals surface area contributed by atoms with Gasteiger partial charge in [-0.2, -0.15) is 0 Å². The molecule has 0 aliphatic heterocycles. The van der Waals surface area contributed by atoms with Crippen molar-refractivity contribution in [3.63, 3.8) is 0 Å². The first-order valence-electron chi connectivity index (χ1n) is 7.24. The number of rotatable bonds is 5. The van der Waals surface area contributed by atoms with Crippen LogP contribution < -0.4 is 16.7 Å². The molecule has 0 aliphatic rings. The van der Waals surface area contributed by atoms with Gasteiger partial charge >= 0.3 is 5.69 Å². The summed E-state index contributed by atoms with van der Waals surface area (Å²) in [7, 11) is 0. The Labute approximate surface area is 136 Å². The molecule has 0 saturated carbocycles. The van der Waals surface area contributed by atoms with E-state index in [4.69, 9.17) is 5.73 Å². The number of fused-ring (bicyclic) bond motifs is 1. The topological polar surface area (TPSA) is 111 Å². The molecule has 1 aromatic carbocycles. The normalized spacial score (nSPS) is 12.0. The molecule has 0 aliphatic carbocycles. The zero-order valence-electron chi connectivity index (χ0n) is 12.6. The van der Waals surface area contributed by atoms with E-state index >= 15 is 0 Å². The Morgan fingerprint density at radius 1 is 1.12 bits per heavy atom. The van der Waals surface area contributed by atoms with Crippen LogP contribution in [0.3, 0.4) is 0 Å². The quantitative estimate of drug-likeness (QED) is 0.679. The van der Waals surface area contributed by atoms with Crippen molar-refractivity contribution in [2.45, 2.75) is 12.6 Å². The molecule has 2 aromatic heterocycles. The van der Waals surface area contributed by atoms with Crippen LogP contribution in [-0.2, 0) is 16.1 Å². The second-order valence-electron chi connectivity index (χ2n) is 5.18. The van der Waals surface area contributed by atoms with Crippen LogP contribution in [-0.4, -0.2) is 26.0 Å². The molecule has 8 heteroatoms. The second kappa shape index (κ2) is 6.37. The Balaban J connectivity index is 1.80. The molecule has 0 bridgehead atoms. The summed E-state index contributed by atoms with van der Waals surface area (Å²) in [6.07, 6.45) is 1.56. The fourth-order valence-electron chi connectivity index (χ4n) is 2.38. The summed E-state index contributed by atoms with van der Waals surface area (Å²) in [6.45, 7) is -0.308. The van der Waals surface area contributed by atoms with Gasteiger partial charge in [-0.15, -0.1) is 5.10 Å². The molecule has 0 fully saturated rings. The fourth-order valence-corrected chi connectivity index (χ4v) is 2.38. The summed E-state index contributed by atoms with van der Waals surface area (Å²) in [5.74, 6) is -1.22. The highest BCUT2D eigenvalue weighted by molar-refractivity contribution is 5.87. The van der Waals surface area contributed by atoms with Gasteiger partial charge in [-0.05, 0) is 17.7 Å². The van der Waals surface area contributed by atoms with Crippen molar-refractivity contribution in [1.82, 2.24) is 19.5 Å². The summed E-state index contributed by atoms with van der Waals surface area (Å²) in [6, 6.07) is 12.8. The summed E-state index contributed by atoms with van der Waals surface area (Å²) in [5.41, 5.74) is 5.93. The minimum Gasteiger partial charge on any atom is -0.368 e. The number of hydrogen-bond donors (Lipinski definition) is 2. The van der Waals surface area contributed by atoms with Gasteiger partial charge in [0.05, 0.1) is 0 Å². The van der Waals surface area contributed by atoms with Gasteiger partial charge in [0.25, 0.3) is 0 Å². The minimum absolute atomic E-state index is 0.308. The maximum atomic E-state index is 12.2. The third-order valence-corrected chi connectivity index (χ3v) is 3.50. The number of nitrogens with one attached hydrogen (secondary N) is 1. The summed E-state index contributed by atoms with van der Waals surface area (Å²) in [4.78, 5) is 36.0. The lowest BCUT2D eigenvalue weighted by Crippen LogP contribution is -2.40. The van der Waals surface area contributed by atoms with Crippen molar-refractivity contribution in [3.8, 4) is 0 Å². The Bertz CT molecular complexity index is 945. The van der Waals surface area contributed by atoms with Crippen molar-refractivity contribution < 1.29 is 9.59 Å². The number of carbonyl (C=O) groups excluding carboxylic acids is 2. The van der Waals surface area contributed by atoms with E-state index in [2.05, 4.69) is 10.4 Å². The third kappa shape index (κ3) is 3.02. The molecule has 122 valence electrons. The largest absolute Gasteiger partial charge is 0.368 e. The highest BCUT2D eigenvalue weighted by Crippen LogP contribution is 2.11. The highest BCUT2D eigenvalue weighted by atomic mass is 16.2. The van der Waals surface area contributed by atoms with E-state index in [1.54, 1.807) is 54.7 Å². The molecule has 3 aromatic rings. The number of hydrogen-bond acceptors (Lipinski definition) is 4. The lowest BCUT2D eigenvalue weighted by atomic mass is 10.1. The van der Waals surface area contributed by atoms with Crippen LogP contribution in [0, 0.1) is 0 Å². The predicted octanol–water partition coefficient (Wildman–Crippen LogP) is -0.161. The van der Waals surface area contributed by atoms with Gasteiger partial charge in [0.15, 0.2) is 5.65 Å². The number of amides is 2. The van der Waals surface area contributed by atoms with Gasteiger partial charge in [-0.1, -0.05) is 36.4 Å². The monoisotopic (exact) mass is 325 g/mol. The van der Waals surface area contributed by atoms with Gasteiger partial charge in [-0.3, -0.25) is 14.0 Å². The Kier molecular flexibility index (Phi) is 4.11. The molecule has 0 unspecified atom stereocenters. The summed E-state index contributed by atoms with van der Waals surface area (Å²) >= 11 is 0. The van der Waals surface area contributed by atoms with Crippen LogP contribution in [0.2, 0.25) is 0 Å². The van der Waals surface area contributed by atoms with E-state index in [0.29, 0.717) is 11.2 Å². The summed E-state index contributed by atoms with van der Waals surface area (Å²) < 4.78 is 2.36. The lowest BCUT2D eigenvalue weighted by molar-refractivity contribution is -0.128. The number of aromatic nitrogens is 3. The third-order valence-electron chi connectivity index (χ3n) is 3.50. The summed E-state index contributed by atoms with van der Waals surface area (Å²) in [5, 5.41) is 6.60. The van der Waals surface area contributed by atoms with Gasteiger partial charge in [0.1, 0.15) is 12.6 Å². The van der Waals surface area contributed by atoms with Crippen LogP contribution in [0.4, 0.5) is 0 Å². The van der Waals surface area contributed by atoms with Gasteiger partial charge in [0.2, 0.25) is 11.8 Å². The van der Waals surface area contributed by atoms with Crippen molar-refractivity contribution in [2.24, 2.45) is 5.73 Å². The average Bonchev–Trinajstić information content (AvgIpc) is 2.89. The zero-order chi connectivity index (χ0) is 17.1. The molecule has 3 rings (SSSR count). The SMILES string of the molecule is NC(=O)[C@@H](NC(=O)Cn1nc2ccccn2c1=O)c1ccccc1. The van der Waals surface area contributed by atoms with Crippen LogP contribution >= 0.6 is 0 Å². The fraction of sp³-hybridized carbons (Fsp3) is 0.125. The van der Waals surface area contributed by atoms with Crippen molar-refractivity contribution in [2.75, 3.05) is 0 Å². The number of nitrogens with zero attached hydrogens (tertiary/aromatic N) is 3. The first-order chi connectivity index (χ1) is 11.6. The van der Waals surface area contributed by atoms with E-state index in [1.807, 2.05) is 0 Å². The van der Waals surface area contributed by atoms with Crippen molar-refractivity contribution in [1.29, 1.82) is 0 Å². The van der Waals surface area contributed by atoms with Crippen LogP contribution in [0.1, 0.15) is 11.6 Å². The second-order valence-corrected chi connectivity index (χ2v) is 5.18. The van der Waals surface area contributed by atoms with Crippen molar-refractivity contribution in [3.05, 3.63) is 70.8 Å². The smallest absolute Gasteiger partial charge is 0.350 e. The maximum Gasteiger partial charge on any atom is 0.350 e. The standard InChI is InChI=1S/C16H15N5O3/c17-15(23)14(11-6-2-1-3-7-11)18-13(22)10-21-16(24)20-9-5-4-8-12(20)19-21/h1-9,14H,10H2,(H2,17,23)(H,18,22)/t14-/m0/s1. The van der Waals surface area contributed by atoms with Gasteiger partial charge < -0.3 is 11.1 Å². The molecule has 0 spiro atoms. The molecule has 3 N–H and O–H groups in total. The van der Waals surface area contributed by atoms with Gasteiger partial charge in [-0.25, -0.2) is 9.48 Å². The number of carbonyl (C=O) groups is 2. The van der Waals surface area contributed by atoms with Gasteiger partial charge in [0, 0.05) is 6.20 Å². The first-order valence-corrected chi connectivity index (χ1v) is 7.24. The van der Waals surface area contributed by atoms with Crippen LogP contribution in [0.15, 0.2) is 59.5 Å². The highest BCUT2D eigenvalue weighted by Gasteiger charge is 2.21. The molecule has 8 nitrogen and oxygen atoms in total. The Morgan fingerprint density at radius 3 is 2.50 bits per heavy atom. The molecule has 2 heterocycles. The number of benzene rings is 1. The molecular weight excluding hydrogens is 310 g/mol. The van der Waals surface area contributed by atoms with E-state index in [0.717, 1.165) is 4.68 Å². The van der Waals surface area contributed by atoms with Crippen molar-refractivity contribution >= 4 is 17.5 Å². The van der Waals surface area contributed by atoms with E-state index in [-0.39, 0.29) is 6.54 Å². The zero-order valence-corrected chi connectivity index (χ0v) is 12.6. The molecule has 0 saturated heterocycles. The number of pyridine rings is 1. The predicted molar refractivity (Wildman–Crippen MR) is 86.0 cm³/mol. The minimum atomic E-state index is -0.966. The first kappa shape index (κ1) is 15.5. The maximum absolute atomic E-state index is 12.2. The average molecular weight is 325 g/mol. The van der Waals surface area contributed by atoms with E-state index < -0.39 is 23.5 Å². The van der Waals surface area contributed by atoms with E-state index in [1.165, 1.54) is 4.40 Å². The molecular formula is C16H15N5O3.